The van der Waals surface area contributed by atoms with Crippen LogP contribution in [0, 0.1) is 5.92 Å². The highest BCUT2D eigenvalue weighted by Gasteiger charge is 2.28. The van der Waals surface area contributed by atoms with Crippen molar-refractivity contribution < 1.29 is 9.59 Å². The maximum absolute atomic E-state index is 12.2. The van der Waals surface area contributed by atoms with E-state index >= 15 is 0 Å². The summed E-state index contributed by atoms with van der Waals surface area (Å²) >= 11 is 0. The van der Waals surface area contributed by atoms with Crippen LogP contribution in [0.5, 0.6) is 0 Å². The lowest BCUT2D eigenvalue weighted by Crippen LogP contribution is -2.42. The van der Waals surface area contributed by atoms with Gasteiger partial charge in [0.15, 0.2) is 0 Å². The van der Waals surface area contributed by atoms with E-state index in [2.05, 4.69) is 22.5 Å². The molecule has 1 aromatic heterocycles. The molecular formula is C18H28N4O2. The maximum Gasteiger partial charge on any atom is 0.267 e. The van der Waals surface area contributed by atoms with Crippen molar-refractivity contribution in [1.29, 1.82) is 0 Å². The molecule has 1 aliphatic carbocycles. The molecule has 2 heterocycles. The number of aromatic amines is 1. The molecule has 6 heteroatoms. The minimum Gasteiger partial charge on any atom is -0.357 e. The summed E-state index contributed by atoms with van der Waals surface area (Å²) in [5.74, 6) is 0.667. The summed E-state index contributed by atoms with van der Waals surface area (Å²) in [5, 5.41) is 6.40. The number of nitrogens with zero attached hydrogens (tertiary/aromatic N) is 1. The average Bonchev–Trinajstić information content (AvgIpc) is 3.31. The van der Waals surface area contributed by atoms with Crippen LogP contribution in [0.1, 0.15) is 49.5 Å². The molecule has 2 fully saturated rings. The quantitative estimate of drug-likeness (QED) is 0.739. The van der Waals surface area contributed by atoms with Crippen LogP contribution in [0.15, 0.2) is 18.3 Å². The second-order valence-corrected chi connectivity index (χ2v) is 7.13. The van der Waals surface area contributed by atoms with Gasteiger partial charge < -0.3 is 20.5 Å². The van der Waals surface area contributed by atoms with Gasteiger partial charge in [-0.15, -0.1) is 0 Å². The molecule has 0 bridgehead atoms. The summed E-state index contributed by atoms with van der Waals surface area (Å²) in [6.07, 6.45) is 7.19. The van der Waals surface area contributed by atoms with Gasteiger partial charge in [-0.3, -0.25) is 9.59 Å². The monoisotopic (exact) mass is 332 g/mol. The average molecular weight is 332 g/mol. The number of hydrogen-bond donors (Lipinski definition) is 3. The largest absolute Gasteiger partial charge is 0.357 e. The van der Waals surface area contributed by atoms with E-state index in [1.807, 2.05) is 11.0 Å². The van der Waals surface area contributed by atoms with Gasteiger partial charge in [-0.2, -0.15) is 0 Å². The van der Waals surface area contributed by atoms with Crippen molar-refractivity contribution in [3.05, 3.63) is 24.0 Å². The number of aromatic nitrogens is 1. The minimum atomic E-state index is -0.0467. The Morgan fingerprint density at radius 3 is 2.92 bits per heavy atom. The normalized spacial score (nSPS) is 26.7. The van der Waals surface area contributed by atoms with Crippen molar-refractivity contribution >= 4 is 11.8 Å². The van der Waals surface area contributed by atoms with Crippen LogP contribution in [0.2, 0.25) is 0 Å². The number of carbonyl (C=O) groups excluding carboxylic acids is 2. The summed E-state index contributed by atoms with van der Waals surface area (Å²) in [7, 11) is 0. The predicted octanol–water partition coefficient (Wildman–Crippen LogP) is 1.51. The van der Waals surface area contributed by atoms with Gasteiger partial charge in [0.25, 0.3) is 5.91 Å². The zero-order valence-electron chi connectivity index (χ0n) is 14.4. The lowest BCUT2D eigenvalue weighted by Gasteiger charge is -2.23. The zero-order valence-corrected chi connectivity index (χ0v) is 14.4. The van der Waals surface area contributed by atoms with E-state index < -0.39 is 0 Å². The molecule has 1 saturated heterocycles. The van der Waals surface area contributed by atoms with Gasteiger partial charge in [0, 0.05) is 31.4 Å². The topological polar surface area (TPSA) is 77.2 Å². The summed E-state index contributed by atoms with van der Waals surface area (Å²) in [5.41, 5.74) is 0.605. The Balaban J connectivity index is 1.35. The molecule has 2 aliphatic rings. The highest BCUT2D eigenvalue weighted by molar-refractivity contribution is 5.92. The second kappa shape index (κ2) is 7.83. The first-order valence-electron chi connectivity index (χ1n) is 9.08. The molecule has 3 N–H and O–H groups in total. The smallest absolute Gasteiger partial charge is 0.267 e. The molecule has 0 aromatic carbocycles. The Bertz CT molecular complexity index is 557. The molecule has 0 radical (unpaired) electrons. The van der Waals surface area contributed by atoms with Crippen molar-refractivity contribution in [3.8, 4) is 0 Å². The molecule has 1 aliphatic heterocycles. The fraction of sp³-hybridized carbons (Fsp3) is 0.667. The number of hydrogen-bond acceptors (Lipinski definition) is 3. The number of rotatable bonds is 6. The number of H-pyrrole nitrogens is 1. The maximum atomic E-state index is 12.2. The third-order valence-electron chi connectivity index (χ3n) is 5.35. The second-order valence-electron chi connectivity index (χ2n) is 7.13. The predicted molar refractivity (Wildman–Crippen MR) is 92.7 cm³/mol. The van der Waals surface area contributed by atoms with E-state index in [1.165, 1.54) is 0 Å². The number of carbonyl (C=O) groups is 2. The van der Waals surface area contributed by atoms with Crippen LogP contribution in [0.4, 0.5) is 0 Å². The Morgan fingerprint density at radius 2 is 2.21 bits per heavy atom. The van der Waals surface area contributed by atoms with Gasteiger partial charge >= 0.3 is 0 Å². The fourth-order valence-electron chi connectivity index (χ4n) is 3.89. The molecule has 3 atom stereocenters. The van der Waals surface area contributed by atoms with Crippen LogP contribution in [-0.2, 0) is 4.79 Å². The van der Waals surface area contributed by atoms with Crippen molar-refractivity contribution in [2.75, 3.05) is 19.6 Å². The Labute approximate surface area is 143 Å². The lowest BCUT2D eigenvalue weighted by atomic mass is 10.1. The molecule has 6 nitrogen and oxygen atoms in total. The third-order valence-corrected chi connectivity index (χ3v) is 5.35. The van der Waals surface area contributed by atoms with Gasteiger partial charge in [0.1, 0.15) is 5.69 Å². The number of nitrogens with one attached hydrogen (secondary N) is 3. The van der Waals surface area contributed by atoms with Crippen LogP contribution < -0.4 is 10.6 Å². The molecule has 3 rings (SSSR count). The van der Waals surface area contributed by atoms with Gasteiger partial charge in [0.05, 0.1) is 6.54 Å². The summed E-state index contributed by atoms with van der Waals surface area (Å²) < 4.78 is 0. The van der Waals surface area contributed by atoms with E-state index in [0.29, 0.717) is 36.8 Å². The molecule has 1 aromatic rings. The van der Waals surface area contributed by atoms with Gasteiger partial charge in [-0.25, -0.2) is 0 Å². The highest BCUT2D eigenvalue weighted by atomic mass is 16.2. The van der Waals surface area contributed by atoms with E-state index in [0.717, 1.165) is 38.6 Å². The Kier molecular flexibility index (Phi) is 5.56. The van der Waals surface area contributed by atoms with Crippen LogP contribution in [0.3, 0.4) is 0 Å². The molecule has 0 unspecified atom stereocenters. The summed E-state index contributed by atoms with van der Waals surface area (Å²) in [6, 6.07) is 4.38. The first-order valence-corrected chi connectivity index (χ1v) is 9.08. The molecule has 132 valence electrons. The minimum absolute atomic E-state index is 0.0467. The SMILES string of the molecule is C[C@@H]1CCCN1C(=O)CN[C@@H]1CC[C@H](CNC(=O)c2ccc[nH]2)C1. The molecule has 24 heavy (non-hydrogen) atoms. The standard InChI is InChI=1S/C18H28N4O2/c1-13-4-3-9-22(13)17(23)12-20-15-7-6-14(10-15)11-21-18(24)16-5-2-8-19-16/h2,5,8,13-15,19-20H,3-4,6-7,9-12H2,1H3,(H,21,24)/t13-,14+,15-/m1/s1. The zero-order chi connectivity index (χ0) is 16.9. The lowest BCUT2D eigenvalue weighted by molar-refractivity contribution is -0.130. The molecule has 2 amide bonds. The number of likely N-dealkylation sites (tertiary alicyclic amines) is 1. The van der Waals surface area contributed by atoms with Gasteiger partial charge in [-0.1, -0.05) is 0 Å². The fourth-order valence-corrected chi connectivity index (χ4v) is 3.89. The first kappa shape index (κ1) is 17.0. The Hall–Kier alpha value is -1.82. The highest BCUT2D eigenvalue weighted by Crippen LogP contribution is 2.25. The van der Waals surface area contributed by atoms with Crippen LogP contribution in [0.25, 0.3) is 0 Å². The van der Waals surface area contributed by atoms with E-state index in [9.17, 15) is 9.59 Å². The first-order chi connectivity index (χ1) is 11.6. The molecule has 0 spiro atoms. The Morgan fingerprint density at radius 1 is 1.33 bits per heavy atom. The van der Waals surface area contributed by atoms with Crippen LogP contribution in [-0.4, -0.2) is 53.4 Å². The molecular weight excluding hydrogens is 304 g/mol. The third kappa shape index (κ3) is 4.17. The van der Waals surface area contributed by atoms with Gasteiger partial charge in [0.2, 0.25) is 5.91 Å². The number of amides is 2. The van der Waals surface area contributed by atoms with Gasteiger partial charge in [-0.05, 0) is 57.1 Å². The van der Waals surface area contributed by atoms with E-state index in [1.54, 1.807) is 12.3 Å². The molecule has 1 saturated carbocycles. The van der Waals surface area contributed by atoms with E-state index in [4.69, 9.17) is 0 Å². The van der Waals surface area contributed by atoms with Crippen molar-refractivity contribution in [2.24, 2.45) is 5.92 Å². The van der Waals surface area contributed by atoms with E-state index in [-0.39, 0.29) is 11.8 Å². The van der Waals surface area contributed by atoms with Crippen molar-refractivity contribution in [1.82, 2.24) is 20.5 Å². The summed E-state index contributed by atoms with van der Waals surface area (Å²) in [6.45, 7) is 4.17. The van der Waals surface area contributed by atoms with Crippen LogP contribution >= 0.6 is 0 Å². The van der Waals surface area contributed by atoms with Crippen molar-refractivity contribution in [3.63, 3.8) is 0 Å². The van der Waals surface area contributed by atoms with Crippen molar-refractivity contribution in [2.45, 2.75) is 51.1 Å². The summed E-state index contributed by atoms with van der Waals surface area (Å²) in [4.78, 5) is 29.1.